The summed E-state index contributed by atoms with van der Waals surface area (Å²) in [6.45, 7) is 8.49. The molecule has 2 saturated heterocycles. The van der Waals surface area contributed by atoms with E-state index in [-0.39, 0.29) is 45.2 Å². The minimum Gasteiger partial charge on any atom is -0.451 e. The van der Waals surface area contributed by atoms with Crippen LogP contribution < -0.4 is 10.3 Å². The van der Waals surface area contributed by atoms with Crippen LogP contribution in [0.25, 0.3) is 10.9 Å². The van der Waals surface area contributed by atoms with Crippen LogP contribution in [0.3, 0.4) is 0 Å². The van der Waals surface area contributed by atoms with Gasteiger partial charge in [-0.05, 0) is 70.7 Å². The average molecular weight is 569 g/mol. The summed E-state index contributed by atoms with van der Waals surface area (Å²) in [5, 5.41) is 9.62. The molecule has 40 heavy (non-hydrogen) atoms. The van der Waals surface area contributed by atoms with Gasteiger partial charge in [0.2, 0.25) is 0 Å². The Hall–Kier alpha value is -3.68. The highest BCUT2D eigenvalue weighted by molar-refractivity contribution is 6.36. The molecule has 3 aromatic rings. The highest BCUT2D eigenvalue weighted by Crippen LogP contribution is 2.41. The fraction of sp³-hybridized carbons (Fsp3) is 0.448. The maximum absolute atomic E-state index is 14.6. The van der Waals surface area contributed by atoms with Gasteiger partial charge >= 0.3 is 6.09 Å². The first-order valence-corrected chi connectivity index (χ1v) is 13.5. The van der Waals surface area contributed by atoms with Gasteiger partial charge in [0.15, 0.2) is 11.6 Å². The summed E-state index contributed by atoms with van der Waals surface area (Å²) in [6.07, 6.45) is 2.97. The number of likely N-dealkylation sites (tertiary alicyclic amines) is 1. The van der Waals surface area contributed by atoms with Gasteiger partial charge in [-0.15, -0.1) is 0 Å². The van der Waals surface area contributed by atoms with E-state index in [0.717, 1.165) is 0 Å². The molecule has 11 heteroatoms. The summed E-state index contributed by atoms with van der Waals surface area (Å²) in [4.78, 5) is 32.3. The Morgan fingerprint density at radius 3 is 2.65 bits per heavy atom. The number of halogens is 2. The van der Waals surface area contributed by atoms with Crippen LogP contribution in [0, 0.1) is 24.1 Å². The van der Waals surface area contributed by atoms with E-state index >= 15 is 0 Å². The monoisotopic (exact) mass is 568 g/mol. The molecule has 1 amide bonds. The highest BCUT2D eigenvalue weighted by atomic mass is 35.5. The molecule has 2 aliphatic heterocycles. The number of nitriles is 1. The van der Waals surface area contributed by atoms with Crippen molar-refractivity contribution in [2.45, 2.75) is 64.2 Å². The van der Waals surface area contributed by atoms with Crippen molar-refractivity contribution in [2.75, 3.05) is 19.7 Å². The van der Waals surface area contributed by atoms with Gasteiger partial charge < -0.3 is 19.1 Å². The number of aryl methyl sites for hydroxylation is 1. The fourth-order valence-electron chi connectivity index (χ4n) is 5.28. The summed E-state index contributed by atoms with van der Waals surface area (Å²) < 4.78 is 33.6. The average Bonchev–Trinajstić information content (AvgIpc) is 3.30. The van der Waals surface area contributed by atoms with Gasteiger partial charge in [-0.25, -0.2) is 14.2 Å². The molecule has 0 aliphatic carbocycles. The Morgan fingerprint density at radius 1 is 1.25 bits per heavy atom. The minimum atomic E-state index is -0.715. The lowest BCUT2D eigenvalue weighted by Gasteiger charge is -2.39. The summed E-state index contributed by atoms with van der Waals surface area (Å²) in [5.74, 6) is -0.926. The number of amides is 1. The van der Waals surface area contributed by atoms with Crippen molar-refractivity contribution in [1.29, 1.82) is 5.26 Å². The lowest BCUT2D eigenvalue weighted by atomic mass is 9.87. The summed E-state index contributed by atoms with van der Waals surface area (Å²) >= 11 is 6.63. The Balaban J connectivity index is 1.38. The lowest BCUT2D eigenvalue weighted by Crippen LogP contribution is -2.48. The van der Waals surface area contributed by atoms with E-state index in [4.69, 9.17) is 25.8 Å². The van der Waals surface area contributed by atoms with Crippen LogP contribution in [-0.2, 0) is 9.47 Å². The molecule has 0 saturated carbocycles. The standard InChI is InChI=1S/C29H30ClFN4O5/c1-17-5-6-20(31)25(19(17)14-32)39-22-8-7-21-23(24(22)30)26(36)35(16-33-21)18-13-29(38-15-18)9-11-34(12-10-29)27(37)40-28(2,3)4/h5-8,16,18H,9-13,15H2,1-4H3. The second kappa shape index (κ2) is 10.4. The molecule has 0 N–H and O–H groups in total. The Morgan fingerprint density at radius 2 is 1.98 bits per heavy atom. The van der Waals surface area contributed by atoms with Crippen molar-refractivity contribution in [1.82, 2.24) is 14.5 Å². The van der Waals surface area contributed by atoms with Crippen LogP contribution in [0.4, 0.5) is 9.18 Å². The van der Waals surface area contributed by atoms with E-state index in [1.54, 1.807) is 17.9 Å². The van der Waals surface area contributed by atoms with Crippen molar-refractivity contribution in [3.05, 3.63) is 62.9 Å². The molecule has 1 spiro atoms. The molecule has 3 heterocycles. The number of hydrogen-bond acceptors (Lipinski definition) is 7. The molecule has 2 aromatic carbocycles. The second-order valence-electron chi connectivity index (χ2n) is 11.3. The van der Waals surface area contributed by atoms with Crippen LogP contribution in [-0.4, -0.2) is 51.4 Å². The van der Waals surface area contributed by atoms with Gasteiger partial charge in [0.1, 0.15) is 23.0 Å². The largest absolute Gasteiger partial charge is 0.451 e. The van der Waals surface area contributed by atoms with E-state index in [1.807, 2.05) is 26.8 Å². The predicted octanol–water partition coefficient (Wildman–Crippen LogP) is 5.89. The van der Waals surface area contributed by atoms with E-state index < -0.39 is 17.0 Å². The molecule has 1 unspecified atom stereocenters. The number of carbonyl (C=O) groups excluding carboxylic acids is 1. The maximum atomic E-state index is 14.6. The predicted molar refractivity (Wildman–Crippen MR) is 146 cm³/mol. The molecule has 0 radical (unpaired) electrons. The number of rotatable bonds is 3. The Kier molecular flexibility index (Phi) is 7.23. The third-order valence-corrected chi connectivity index (χ3v) is 7.78. The van der Waals surface area contributed by atoms with Crippen molar-refractivity contribution in [2.24, 2.45) is 0 Å². The van der Waals surface area contributed by atoms with Crippen molar-refractivity contribution in [3.8, 4) is 17.6 Å². The third kappa shape index (κ3) is 5.23. The van der Waals surface area contributed by atoms with Crippen LogP contribution in [0.2, 0.25) is 5.02 Å². The molecule has 0 bridgehead atoms. The van der Waals surface area contributed by atoms with Gasteiger partial charge in [-0.3, -0.25) is 9.36 Å². The van der Waals surface area contributed by atoms with Gasteiger partial charge in [0.05, 0.1) is 40.5 Å². The number of aromatic nitrogens is 2. The second-order valence-corrected chi connectivity index (χ2v) is 11.7. The Labute approximate surface area is 236 Å². The van der Waals surface area contributed by atoms with E-state index in [1.165, 1.54) is 29.1 Å². The normalized spacial score (nSPS) is 18.6. The lowest BCUT2D eigenvalue weighted by molar-refractivity contribution is -0.0486. The molecular formula is C29H30ClFN4O5. The number of nitrogens with zero attached hydrogens (tertiary/aromatic N) is 4. The number of hydrogen-bond donors (Lipinski definition) is 0. The first-order chi connectivity index (χ1) is 18.9. The quantitative estimate of drug-likeness (QED) is 0.387. The summed E-state index contributed by atoms with van der Waals surface area (Å²) in [7, 11) is 0. The fourth-order valence-corrected chi connectivity index (χ4v) is 5.56. The number of piperidine rings is 1. The SMILES string of the molecule is Cc1ccc(F)c(Oc2ccc3ncn(C4COC5(CCN(C(=O)OC(C)(C)C)CC5)C4)c(=O)c3c2Cl)c1C#N. The van der Waals surface area contributed by atoms with Gasteiger partial charge in [-0.2, -0.15) is 5.26 Å². The van der Waals surface area contributed by atoms with Crippen LogP contribution in [0.15, 0.2) is 35.4 Å². The summed E-state index contributed by atoms with van der Waals surface area (Å²) in [6, 6.07) is 7.44. The van der Waals surface area contributed by atoms with E-state index in [9.17, 15) is 19.2 Å². The molecular weight excluding hydrogens is 539 g/mol. The van der Waals surface area contributed by atoms with Crippen LogP contribution in [0.5, 0.6) is 11.5 Å². The smallest absolute Gasteiger partial charge is 0.410 e. The van der Waals surface area contributed by atoms with E-state index in [2.05, 4.69) is 4.98 Å². The molecule has 210 valence electrons. The van der Waals surface area contributed by atoms with Crippen molar-refractivity contribution >= 4 is 28.6 Å². The van der Waals surface area contributed by atoms with Crippen LogP contribution >= 0.6 is 11.6 Å². The maximum Gasteiger partial charge on any atom is 0.410 e. The van der Waals surface area contributed by atoms with Crippen molar-refractivity contribution in [3.63, 3.8) is 0 Å². The topological polar surface area (TPSA) is 107 Å². The van der Waals surface area contributed by atoms with E-state index in [0.29, 0.717) is 50.0 Å². The zero-order valence-electron chi connectivity index (χ0n) is 22.8. The molecule has 1 atom stereocenters. The van der Waals surface area contributed by atoms with Crippen molar-refractivity contribution < 1.29 is 23.4 Å². The zero-order valence-corrected chi connectivity index (χ0v) is 23.5. The number of carbonyl (C=O) groups is 1. The molecule has 1 aromatic heterocycles. The molecule has 2 aliphatic rings. The first kappa shape index (κ1) is 27.9. The van der Waals surface area contributed by atoms with Gasteiger partial charge in [-0.1, -0.05) is 17.7 Å². The first-order valence-electron chi connectivity index (χ1n) is 13.1. The molecule has 2 fully saturated rings. The number of ether oxygens (including phenoxy) is 3. The summed E-state index contributed by atoms with van der Waals surface area (Å²) in [5.41, 5.74) is -0.435. The zero-order chi connectivity index (χ0) is 28.8. The molecule has 5 rings (SSSR count). The highest BCUT2D eigenvalue weighted by Gasteiger charge is 2.45. The minimum absolute atomic E-state index is 0.0200. The van der Waals surface area contributed by atoms with Gasteiger partial charge in [0.25, 0.3) is 5.56 Å². The van der Waals surface area contributed by atoms with Gasteiger partial charge in [0, 0.05) is 13.1 Å². The number of fused-ring (bicyclic) bond motifs is 1. The Bertz CT molecular complexity index is 1580. The number of benzene rings is 2. The molecule has 9 nitrogen and oxygen atoms in total. The van der Waals surface area contributed by atoms with Crippen LogP contribution in [0.1, 0.15) is 57.2 Å². The third-order valence-electron chi connectivity index (χ3n) is 7.41.